The van der Waals surface area contributed by atoms with E-state index in [1.165, 1.54) is 43.1 Å². The van der Waals surface area contributed by atoms with Crippen molar-refractivity contribution >= 4 is 27.7 Å². The molecular weight excluding hydrogens is 294 g/mol. The smallest absolute Gasteiger partial charge is 0.0112 e. The summed E-state index contributed by atoms with van der Waals surface area (Å²) in [6.45, 7) is 3.71. The van der Waals surface area contributed by atoms with Gasteiger partial charge in [-0.3, -0.25) is 0 Å². The summed E-state index contributed by atoms with van der Waals surface area (Å²) in [5.41, 5.74) is 1.46. The minimum absolute atomic E-state index is 0.624. The van der Waals surface area contributed by atoms with Crippen LogP contribution in [0.15, 0.2) is 30.3 Å². The van der Waals surface area contributed by atoms with Crippen LogP contribution >= 0.6 is 27.7 Å². The van der Waals surface area contributed by atoms with Crippen LogP contribution in [0.1, 0.15) is 17.9 Å². The third kappa shape index (κ3) is 4.31. The van der Waals surface area contributed by atoms with Gasteiger partial charge in [-0.15, -0.1) is 0 Å². The molecule has 94 valence electrons. The molecule has 1 aliphatic heterocycles. The summed E-state index contributed by atoms with van der Waals surface area (Å²) in [5, 5.41) is 1.06. The molecule has 17 heavy (non-hydrogen) atoms. The number of nitrogens with zero attached hydrogens (tertiary/aromatic N) is 1. The van der Waals surface area contributed by atoms with Crippen molar-refractivity contribution in [3.8, 4) is 0 Å². The Hall–Kier alpha value is 0.0100. The van der Waals surface area contributed by atoms with E-state index >= 15 is 0 Å². The molecule has 3 heteroatoms. The fraction of sp³-hybridized carbons (Fsp3) is 0.571. The predicted octanol–water partition coefficient (Wildman–Crippen LogP) is 3.60. The van der Waals surface area contributed by atoms with Crippen molar-refractivity contribution in [1.29, 1.82) is 0 Å². The average molecular weight is 314 g/mol. The van der Waals surface area contributed by atoms with Crippen molar-refractivity contribution in [2.45, 2.75) is 12.3 Å². The highest BCUT2D eigenvalue weighted by atomic mass is 79.9. The Morgan fingerprint density at radius 3 is 2.76 bits per heavy atom. The van der Waals surface area contributed by atoms with Crippen LogP contribution in [-0.2, 0) is 0 Å². The van der Waals surface area contributed by atoms with Gasteiger partial charge in [-0.25, -0.2) is 0 Å². The monoisotopic (exact) mass is 313 g/mol. The Bertz CT molecular complexity index is 309. The second-order valence-electron chi connectivity index (χ2n) is 4.53. The normalized spacial score (nSPS) is 19.8. The molecule has 1 atom stereocenters. The fourth-order valence-electron chi connectivity index (χ4n) is 2.26. The maximum atomic E-state index is 3.67. The molecule has 2 rings (SSSR count). The molecule has 1 fully saturated rings. The first-order valence-electron chi connectivity index (χ1n) is 6.31. The third-order valence-electron chi connectivity index (χ3n) is 3.25. The Morgan fingerprint density at radius 1 is 1.18 bits per heavy atom. The highest BCUT2D eigenvalue weighted by molar-refractivity contribution is 9.09. The van der Waals surface area contributed by atoms with Gasteiger partial charge in [-0.05, 0) is 24.3 Å². The number of alkyl halides is 1. The van der Waals surface area contributed by atoms with Gasteiger partial charge in [0.15, 0.2) is 0 Å². The lowest BCUT2D eigenvalue weighted by Crippen LogP contribution is -2.31. The molecule has 1 aliphatic rings. The van der Waals surface area contributed by atoms with Gasteiger partial charge in [0, 0.05) is 30.1 Å². The summed E-state index contributed by atoms with van der Waals surface area (Å²) >= 11 is 5.76. The molecule has 0 radical (unpaired) electrons. The lowest BCUT2D eigenvalue weighted by atomic mass is 10.0. The van der Waals surface area contributed by atoms with E-state index in [1.807, 2.05) is 0 Å². The van der Waals surface area contributed by atoms with Crippen LogP contribution in [0.4, 0.5) is 0 Å². The van der Waals surface area contributed by atoms with E-state index < -0.39 is 0 Å². The highest BCUT2D eigenvalue weighted by Gasteiger charge is 2.16. The molecule has 0 bridgehead atoms. The van der Waals surface area contributed by atoms with Crippen LogP contribution < -0.4 is 0 Å². The van der Waals surface area contributed by atoms with Crippen molar-refractivity contribution in [3.63, 3.8) is 0 Å². The molecule has 0 saturated carbocycles. The molecular formula is C14H20BrNS. The van der Waals surface area contributed by atoms with Gasteiger partial charge in [0.1, 0.15) is 0 Å². The molecule has 1 nitrogen and oxygen atoms in total. The van der Waals surface area contributed by atoms with Crippen LogP contribution in [0.3, 0.4) is 0 Å². The number of benzene rings is 1. The SMILES string of the molecule is BrCC(CN1CCCSCC1)c1ccccc1. The fourth-order valence-corrected chi connectivity index (χ4v) is 3.76. The van der Waals surface area contributed by atoms with Gasteiger partial charge in [-0.2, -0.15) is 11.8 Å². The average Bonchev–Trinajstić information content (AvgIpc) is 2.65. The Balaban J connectivity index is 1.94. The molecule has 0 amide bonds. The van der Waals surface area contributed by atoms with E-state index in [4.69, 9.17) is 0 Å². The van der Waals surface area contributed by atoms with Gasteiger partial charge >= 0.3 is 0 Å². The van der Waals surface area contributed by atoms with Gasteiger partial charge in [0.2, 0.25) is 0 Å². The Morgan fingerprint density at radius 2 is 2.00 bits per heavy atom. The second kappa shape index (κ2) is 7.45. The van der Waals surface area contributed by atoms with Gasteiger partial charge in [-0.1, -0.05) is 46.3 Å². The zero-order valence-electron chi connectivity index (χ0n) is 10.1. The number of halogens is 1. The second-order valence-corrected chi connectivity index (χ2v) is 6.40. The summed E-state index contributed by atoms with van der Waals surface area (Å²) < 4.78 is 0. The largest absolute Gasteiger partial charge is 0.302 e. The number of hydrogen-bond acceptors (Lipinski definition) is 2. The van der Waals surface area contributed by atoms with Crippen molar-refractivity contribution in [1.82, 2.24) is 4.90 Å². The van der Waals surface area contributed by atoms with E-state index in [9.17, 15) is 0 Å². The summed E-state index contributed by atoms with van der Waals surface area (Å²) in [5.74, 6) is 3.25. The van der Waals surface area contributed by atoms with Crippen molar-refractivity contribution in [2.24, 2.45) is 0 Å². The zero-order chi connectivity index (χ0) is 11.9. The maximum Gasteiger partial charge on any atom is 0.0112 e. The number of hydrogen-bond donors (Lipinski definition) is 0. The van der Waals surface area contributed by atoms with Crippen LogP contribution in [-0.4, -0.2) is 41.4 Å². The van der Waals surface area contributed by atoms with E-state index in [2.05, 4.69) is 62.9 Å². The molecule has 0 N–H and O–H groups in total. The maximum absolute atomic E-state index is 3.67. The van der Waals surface area contributed by atoms with Gasteiger partial charge in [0.05, 0.1) is 0 Å². The van der Waals surface area contributed by atoms with Crippen molar-refractivity contribution < 1.29 is 0 Å². The van der Waals surface area contributed by atoms with E-state index in [0.717, 1.165) is 5.33 Å². The number of rotatable bonds is 4. The summed E-state index contributed by atoms with van der Waals surface area (Å²) in [6.07, 6.45) is 1.34. The highest BCUT2D eigenvalue weighted by Crippen LogP contribution is 2.21. The third-order valence-corrected chi connectivity index (χ3v) is 5.08. The summed E-state index contributed by atoms with van der Waals surface area (Å²) in [7, 11) is 0. The van der Waals surface area contributed by atoms with E-state index in [1.54, 1.807) is 0 Å². The Labute approximate surface area is 117 Å². The molecule has 0 spiro atoms. The van der Waals surface area contributed by atoms with Crippen LogP contribution in [0.2, 0.25) is 0 Å². The van der Waals surface area contributed by atoms with E-state index in [0.29, 0.717) is 5.92 Å². The first-order chi connectivity index (χ1) is 8.40. The molecule has 0 aromatic heterocycles. The first-order valence-corrected chi connectivity index (χ1v) is 8.59. The lowest BCUT2D eigenvalue weighted by molar-refractivity contribution is 0.282. The lowest BCUT2D eigenvalue weighted by Gasteiger charge is -2.25. The van der Waals surface area contributed by atoms with Crippen molar-refractivity contribution in [2.75, 3.05) is 36.5 Å². The van der Waals surface area contributed by atoms with E-state index in [-0.39, 0.29) is 0 Å². The minimum Gasteiger partial charge on any atom is -0.302 e. The topological polar surface area (TPSA) is 3.24 Å². The summed E-state index contributed by atoms with van der Waals surface area (Å²) in [4.78, 5) is 2.62. The standard InChI is InChI=1S/C14H20BrNS/c15-11-14(13-5-2-1-3-6-13)12-16-7-4-9-17-10-8-16/h1-3,5-6,14H,4,7-12H2. The van der Waals surface area contributed by atoms with Crippen molar-refractivity contribution in [3.05, 3.63) is 35.9 Å². The van der Waals surface area contributed by atoms with Crippen LogP contribution in [0, 0.1) is 0 Å². The van der Waals surface area contributed by atoms with Crippen LogP contribution in [0.5, 0.6) is 0 Å². The quantitative estimate of drug-likeness (QED) is 0.781. The van der Waals surface area contributed by atoms with Crippen LogP contribution in [0.25, 0.3) is 0 Å². The minimum atomic E-state index is 0.624. The number of thioether (sulfide) groups is 1. The Kier molecular flexibility index (Phi) is 5.89. The molecule has 1 aromatic carbocycles. The molecule has 1 unspecified atom stereocenters. The first kappa shape index (κ1) is 13.4. The predicted molar refractivity (Wildman–Crippen MR) is 81.4 cm³/mol. The molecule has 0 aliphatic carbocycles. The summed E-state index contributed by atoms with van der Waals surface area (Å²) in [6, 6.07) is 10.9. The zero-order valence-corrected chi connectivity index (χ0v) is 12.5. The van der Waals surface area contributed by atoms with Gasteiger partial charge < -0.3 is 4.90 Å². The molecule has 1 heterocycles. The molecule has 1 saturated heterocycles. The molecule has 1 aromatic rings. The van der Waals surface area contributed by atoms with Gasteiger partial charge in [0.25, 0.3) is 0 Å².